The van der Waals surface area contributed by atoms with Crippen LogP contribution in [0.4, 0.5) is 0 Å². The Kier molecular flexibility index (Phi) is 36.5. The molecule has 296 valence electrons. The average Bonchev–Trinajstić information content (AvgIpc) is 3.08. The van der Waals surface area contributed by atoms with Crippen molar-refractivity contribution in [3.8, 4) is 0 Å². The van der Waals surface area contributed by atoms with Crippen LogP contribution in [0.3, 0.4) is 0 Å². The lowest BCUT2D eigenvalue weighted by Crippen LogP contribution is -2.16. The lowest BCUT2D eigenvalue weighted by Gasteiger charge is -2.05. The lowest BCUT2D eigenvalue weighted by molar-refractivity contribution is -0.148. The van der Waals surface area contributed by atoms with E-state index in [1.807, 2.05) is 30.3 Å². The Morgan fingerprint density at radius 2 is 0.846 bits per heavy atom. The van der Waals surface area contributed by atoms with Gasteiger partial charge in [-0.05, 0) is 45.6 Å². The first-order chi connectivity index (χ1) is 24.7. The summed E-state index contributed by atoms with van der Waals surface area (Å²) in [5.74, 6) is -1.89. The second-order valence-corrected chi connectivity index (χ2v) is 11.0. The highest BCUT2D eigenvalue weighted by atomic mass is 16.5. The van der Waals surface area contributed by atoms with Gasteiger partial charge in [0.1, 0.15) is 50.5 Å². The molecule has 0 aliphatic carbocycles. The number of carbonyl (C=O) groups is 8. The summed E-state index contributed by atoms with van der Waals surface area (Å²) in [5, 5.41) is 0. The van der Waals surface area contributed by atoms with Crippen molar-refractivity contribution in [2.24, 2.45) is 5.92 Å². The first kappa shape index (κ1) is 52.1. The van der Waals surface area contributed by atoms with Gasteiger partial charge in [-0.25, -0.2) is 0 Å². The standard InChI is InChI=1S/C13H16O4.C11H20O4.2C7H12O3/c1-2-17-13(15)8-12(14)10-16-9-11-6-4-3-5-7-11;1-4-15-11(13)7-10(12)8-14-6-5-9(2)3;2*1-3-6(8)5-7(9)10-4-2/h3-7H,2,8-10H2,1H3;9H,4-8H2,1-3H3;2*3-5H2,1-2H3. The number of hydrogen-bond donors (Lipinski definition) is 0. The zero-order chi connectivity index (χ0) is 40.2. The van der Waals surface area contributed by atoms with E-state index in [1.54, 1.807) is 41.5 Å². The number of rotatable bonds is 23. The van der Waals surface area contributed by atoms with Crippen molar-refractivity contribution in [3.05, 3.63) is 35.9 Å². The smallest absolute Gasteiger partial charge is 0.313 e. The summed E-state index contributed by atoms with van der Waals surface area (Å²) in [6.45, 7) is 16.6. The van der Waals surface area contributed by atoms with Crippen LogP contribution in [0.15, 0.2) is 30.3 Å². The van der Waals surface area contributed by atoms with Crippen LogP contribution in [0.25, 0.3) is 0 Å². The van der Waals surface area contributed by atoms with Gasteiger partial charge in [-0.3, -0.25) is 38.4 Å². The Balaban J connectivity index is -0.000000633. The molecule has 0 bridgehead atoms. The highest BCUT2D eigenvalue weighted by Gasteiger charge is 2.11. The zero-order valence-electron chi connectivity index (χ0n) is 32.3. The first-order valence-corrected chi connectivity index (χ1v) is 17.6. The van der Waals surface area contributed by atoms with Crippen molar-refractivity contribution in [1.29, 1.82) is 0 Å². The van der Waals surface area contributed by atoms with Crippen molar-refractivity contribution in [1.82, 2.24) is 0 Å². The molecular weight excluding hydrogens is 680 g/mol. The summed E-state index contributed by atoms with van der Waals surface area (Å²) >= 11 is 0. The van der Waals surface area contributed by atoms with Gasteiger partial charge in [0.15, 0.2) is 11.6 Å². The quantitative estimate of drug-likeness (QED) is 0.0620. The van der Waals surface area contributed by atoms with E-state index in [0.717, 1.165) is 12.0 Å². The highest BCUT2D eigenvalue weighted by Crippen LogP contribution is 2.01. The fraction of sp³-hybridized carbons (Fsp3) is 0.632. The van der Waals surface area contributed by atoms with Gasteiger partial charge in [0.05, 0.1) is 33.0 Å². The van der Waals surface area contributed by atoms with E-state index >= 15 is 0 Å². The summed E-state index contributed by atoms with van der Waals surface area (Å²) in [6, 6.07) is 9.54. The number of Topliss-reactive ketones (excluding diaryl/α,β-unsaturated/α-hetero) is 4. The van der Waals surface area contributed by atoms with E-state index in [1.165, 1.54) is 0 Å². The fourth-order valence-electron chi connectivity index (χ4n) is 3.21. The molecule has 0 radical (unpaired) electrons. The molecule has 0 spiro atoms. The number of ether oxygens (including phenoxy) is 6. The van der Waals surface area contributed by atoms with Gasteiger partial charge >= 0.3 is 23.9 Å². The van der Waals surface area contributed by atoms with Gasteiger partial charge in [-0.15, -0.1) is 0 Å². The topological polar surface area (TPSA) is 192 Å². The molecule has 0 aromatic heterocycles. The minimum Gasteiger partial charge on any atom is -0.466 e. The molecule has 0 atom stereocenters. The number of hydrogen-bond acceptors (Lipinski definition) is 14. The van der Waals surface area contributed by atoms with Gasteiger partial charge in [-0.2, -0.15) is 0 Å². The molecule has 0 aliphatic heterocycles. The third kappa shape index (κ3) is 38.5. The Hall–Kier alpha value is -4.30. The summed E-state index contributed by atoms with van der Waals surface area (Å²) in [6.07, 6.45) is 1.16. The fourth-order valence-corrected chi connectivity index (χ4v) is 3.21. The molecule has 0 saturated carbocycles. The molecule has 1 rings (SSSR count). The van der Waals surface area contributed by atoms with E-state index in [9.17, 15) is 38.4 Å². The minimum atomic E-state index is -0.499. The molecule has 1 aromatic rings. The molecule has 0 saturated heterocycles. The number of ketones is 4. The number of esters is 4. The molecule has 0 N–H and O–H groups in total. The summed E-state index contributed by atoms with van der Waals surface area (Å²) in [7, 11) is 0. The van der Waals surface area contributed by atoms with Crippen LogP contribution in [0.2, 0.25) is 0 Å². The second kappa shape index (κ2) is 36.5. The number of benzene rings is 1. The van der Waals surface area contributed by atoms with Crippen LogP contribution in [0.1, 0.15) is 106 Å². The van der Waals surface area contributed by atoms with Crippen LogP contribution in [-0.4, -0.2) is 93.3 Å². The SMILES string of the molecule is CCOC(=O)CC(=O)CC.CCOC(=O)CC(=O)CC.CCOC(=O)CC(=O)COCCC(C)C.CCOC(=O)CC(=O)COCc1ccccc1. The third-order valence-corrected chi connectivity index (χ3v) is 5.85. The average molecular weight is 741 g/mol. The van der Waals surface area contributed by atoms with Crippen LogP contribution < -0.4 is 0 Å². The van der Waals surface area contributed by atoms with Gasteiger partial charge in [-0.1, -0.05) is 58.0 Å². The van der Waals surface area contributed by atoms with Gasteiger partial charge in [0.25, 0.3) is 0 Å². The number of carbonyl (C=O) groups excluding carboxylic acids is 8. The third-order valence-electron chi connectivity index (χ3n) is 5.85. The van der Waals surface area contributed by atoms with Crippen molar-refractivity contribution in [2.75, 3.05) is 46.2 Å². The van der Waals surface area contributed by atoms with Gasteiger partial charge in [0, 0.05) is 19.4 Å². The van der Waals surface area contributed by atoms with Gasteiger partial charge < -0.3 is 28.4 Å². The first-order valence-electron chi connectivity index (χ1n) is 17.6. The van der Waals surface area contributed by atoms with Crippen molar-refractivity contribution in [2.45, 2.75) is 107 Å². The molecule has 1 aromatic carbocycles. The van der Waals surface area contributed by atoms with E-state index in [4.69, 9.17) is 9.47 Å². The largest absolute Gasteiger partial charge is 0.466 e. The summed E-state index contributed by atoms with van der Waals surface area (Å²) < 4.78 is 28.7. The Bertz CT molecular complexity index is 1130. The van der Waals surface area contributed by atoms with E-state index in [-0.39, 0.29) is 68.6 Å². The van der Waals surface area contributed by atoms with Crippen LogP contribution in [0, 0.1) is 5.92 Å². The molecule has 14 nitrogen and oxygen atoms in total. The molecule has 0 aliphatic rings. The van der Waals surface area contributed by atoms with E-state index < -0.39 is 23.9 Å². The van der Waals surface area contributed by atoms with Crippen molar-refractivity contribution >= 4 is 47.0 Å². The van der Waals surface area contributed by atoms with E-state index in [2.05, 4.69) is 32.8 Å². The van der Waals surface area contributed by atoms with E-state index in [0.29, 0.717) is 51.8 Å². The monoisotopic (exact) mass is 740 g/mol. The molecule has 0 unspecified atom stereocenters. The summed E-state index contributed by atoms with van der Waals surface area (Å²) in [4.78, 5) is 86.7. The van der Waals surface area contributed by atoms with Crippen LogP contribution in [-0.2, 0) is 73.4 Å². The Morgan fingerprint density at radius 1 is 0.500 bits per heavy atom. The molecule has 0 amide bonds. The Morgan fingerprint density at radius 3 is 1.17 bits per heavy atom. The molecule has 0 fully saturated rings. The maximum atomic E-state index is 11.3. The molecule has 0 heterocycles. The maximum absolute atomic E-state index is 11.3. The second-order valence-electron chi connectivity index (χ2n) is 11.0. The Labute approximate surface area is 308 Å². The van der Waals surface area contributed by atoms with Crippen molar-refractivity contribution in [3.63, 3.8) is 0 Å². The zero-order valence-corrected chi connectivity index (χ0v) is 32.3. The maximum Gasteiger partial charge on any atom is 0.313 e. The minimum absolute atomic E-state index is 0.00549. The molecule has 52 heavy (non-hydrogen) atoms. The predicted molar refractivity (Wildman–Crippen MR) is 192 cm³/mol. The molecule has 14 heteroatoms. The van der Waals surface area contributed by atoms with Crippen molar-refractivity contribution < 1.29 is 66.8 Å². The highest BCUT2D eigenvalue weighted by molar-refractivity contribution is 5.97. The normalized spacial score (nSPS) is 9.71. The lowest BCUT2D eigenvalue weighted by atomic mass is 10.1. The molecular formula is C38H60O14. The van der Waals surface area contributed by atoms with Gasteiger partial charge in [0.2, 0.25) is 0 Å². The van der Waals surface area contributed by atoms with Crippen LogP contribution >= 0.6 is 0 Å². The summed E-state index contributed by atoms with van der Waals surface area (Å²) in [5.41, 5.74) is 0.997. The van der Waals surface area contributed by atoms with Crippen LogP contribution in [0.5, 0.6) is 0 Å². The predicted octanol–water partition coefficient (Wildman–Crippen LogP) is 5.13.